The van der Waals surface area contributed by atoms with E-state index in [-0.39, 0.29) is 33.7 Å². The maximum atomic E-state index is 13.7. The molecule has 0 bridgehead atoms. The molecule has 1 amide bonds. The molecule has 0 unspecified atom stereocenters. The van der Waals surface area contributed by atoms with Crippen LogP contribution in [0.1, 0.15) is 30.7 Å². The number of aromatic nitrogens is 2. The number of aromatic hydroxyl groups is 2. The predicted molar refractivity (Wildman–Crippen MR) is 171 cm³/mol. The van der Waals surface area contributed by atoms with Crippen molar-refractivity contribution in [3.05, 3.63) is 98.8 Å². The summed E-state index contributed by atoms with van der Waals surface area (Å²) in [7, 11) is 1.77. The minimum atomic E-state index is -0.461. The number of aliphatic imine (C=N–C) groups is 1. The molecule has 0 spiro atoms. The van der Waals surface area contributed by atoms with Gasteiger partial charge in [0, 0.05) is 7.05 Å². The van der Waals surface area contributed by atoms with Gasteiger partial charge in [0.2, 0.25) is 0 Å². The molecule has 0 radical (unpaired) electrons. The number of rotatable bonds is 9. The Morgan fingerprint density at radius 2 is 1.50 bits per heavy atom. The summed E-state index contributed by atoms with van der Waals surface area (Å²) < 4.78 is 14.2. The summed E-state index contributed by atoms with van der Waals surface area (Å²) >= 11 is 1.07. The predicted octanol–water partition coefficient (Wildman–Crippen LogP) is 5.33. The summed E-state index contributed by atoms with van der Waals surface area (Å²) in [6, 6.07) is 18.7. The molecule has 0 saturated carbocycles. The van der Waals surface area contributed by atoms with E-state index in [2.05, 4.69) is 10.1 Å². The Hall–Kier alpha value is -5.23. The molecule has 44 heavy (non-hydrogen) atoms. The van der Waals surface area contributed by atoms with Crippen molar-refractivity contribution in [2.75, 3.05) is 13.2 Å². The quantitative estimate of drug-likeness (QED) is 0.193. The van der Waals surface area contributed by atoms with Crippen LogP contribution in [0.15, 0.2) is 86.5 Å². The molecule has 0 atom stereocenters. The average molecular weight is 614 g/mol. The second-order valence-electron chi connectivity index (χ2n) is 9.60. The van der Waals surface area contributed by atoms with Gasteiger partial charge < -0.3 is 19.7 Å². The highest BCUT2D eigenvalue weighted by molar-refractivity contribution is 8.18. The van der Waals surface area contributed by atoms with Gasteiger partial charge in [0.1, 0.15) is 0 Å². The van der Waals surface area contributed by atoms with Crippen LogP contribution in [0.5, 0.6) is 23.0 Å². The number of nitrogens with zero attached hydrogens (tertiary/aromatic N) is 5. The van der Waals surface area contributed by atoms with Crippen LogP contribution in [0.25, 0.3) is 11.8 Å². The molecular formula is C32H31N5O6S. The van der Waals surface area contributed by atoms with Crippen LogP contribution in [-0.2, 0) is 11.8 Å². The van der Waals surface area contributed by atoms with Crippen LogP contribution in [0.2, 0.25) is 0 Å². The number of hydrazone groups is 1. The number of hydrogen-bond donors (Lipinski definition) is 2. The maximum Gasteiger partial charge on any atom is 0.297 e. The Labute approximate surface area is 258 Å². The van der Waals surface area contributed by atoms with E-state index in [4.69, 9.17) is 9.47 Å². The fourth-order valence-corrected chi connectivity index (χ4v) is 5.39. The molecule has 1 saturated heterocycles. The Morgan fingerprint density at radius 3 is 2.14 bits per heavy atom. The van der Waals surface area contributed by atoms with Gasteiger partial charge in [-0.3, -0.25) is 14.3 Å². The van der Waals surface area contributed by atoms with Gasteiger partial charge in [-0.1, -0.05) is 24.3 Å². The van der Waals surface area contributed by atoms with Crippen LogP contribution in [0, 0.1) is 6.92 Å². The summed E-state index contributed by atoms with van der Waals surface area (Å²) in [5.74, 6) is 0.0878. The lowest BCUT2D eigenvalue weighted by Gasteiger charge is -2.09. The van der Waals surface area contributed by atoms with Gasteiger partial charge in [0.25, 0.3) is 11.5 Å². The van der Waals surface area contributed by atoms with Crippen LogP contribution in [0.4, 0.5) is 5.69 Å². The van der Waals surface area contributed by atoms with Crippen molar-refractivity contribution in [1.82, 2.24) is 14.4 Å². The van der Waals surface area contributed by atoms with E-state index in [1.54, 1.807) is 55.9 Å². The van der Waals surface area contributed by atoms with Crippen molar-refractivity contribution in [3.63, 3.8) is 0 Å². The SMILES string of the molecule is CCOc1cc(/C=C2\SC(=Nc3c(C)n(C)n(-c4ccccc4)c3=O)N(/N=C/c3ccc(O)c(OCC)c3)C2=O)ccc1O. The number of carbonyl (C=O) groups is 1. The highest BCUT2D eigenvalue weighted by Gasteiger charge is 2.34. The third-order valence-electron chi connectivity index (χ3n) is 6.70. The average Bonchev–Trinajstić information content (AvgIpc) is 3.42. The van der Waals surface area contributed by atoms with E-state index in [0.717, 1.165) is 16.8 Å². The standard InChI is InChI=1S/C32H31N5O6S/c1-5-42-26-16-21(12-14-24(26)38)18-28-30(40)36(33-19-22-13-15-25(39)27(17-22)43-6-2)32(44-28)34-29-20(3)35(4)37(31(29)41)23-10-8-7-9-11-23/h7-19,38-39H,5-6H2,1-4H3/b28-18-,33-19+,34-32?. The molecule has 0 aliphatic carbocycles. The summed E-state index contributed by atoms with van der Waals surface area (Å²) in [6.45, 7) is 6.12. The second kappa shape index (κ2) is 13.0. The molecule has 12 heteroatoms. The lowest BCUT2D eigenvalue weighted by atomic mass is 10.2. The Morgan fingerprint density at radius 1 is 0.886 bits per heavy atom. The van der Waals surface area contributed by atoms with Crippen molar-refractivity contribution in [2.45, 2.75) is 20.8 Å². The Kier molecular flexibility index (Phi) is 8.91. The largest absolute Gasteiger partial charge is 0.504 e. The molecule has 2 N–H and O–H groups in total. The highest BCUT2D eigenvalue weighted by atomic mass is 32.2. The molecular weight excluding hydrogens is 582 g/mol. The van der Waals surface area contributed by atoms with Gasteiger partial charge in [-0.05, 0) is 92.2 Å². The molecule has 1 fully saturated rings. The number of amidine groups is 1. The van der Waals surface area contributed by atoms with E-state index < -0.39 is 5.91 Å². The van der Waals surface area contributed by atoms with E-state index in [0.29, 0.717) is 46.4 Å². The van der Waals surface area contributed by atoms with Crippen LogP contribution >= 0.6 is 11.8 Å². The molecule has 3 aromatic carbocycles. The first-order chi connectivity index (χ1) is 21.2. The zero-order chi connectivity index (χ0) is 31.4. The van der Waals surface area contributed by atoms with Gasteiger partial charge in [-0.2, -0.15) is 10.1 Å². The zero-order valence-corrected chi connectivity index (χ0v) is 25.4. The van der Waals surface area contributed by atoms with E-state index in [9.17, 15) is 19.8 Å². The third kappa shape index (κ3) is 6.11. The number of amides is 1. The summed E-state index contributed by atoms with van der Waals surface area (Å²) in [6.07, 6.45) is 3.10. The van der Waals surface area contributed by atoms with Gasteiger partial charge in [0.05, 0.1) is 35.7 Å². The Bertz CT molecular complexity index is 1860. The molecule has 11 nitrogen and oxygen atoms in total. The van der Waals surface area contributed by atoms with Gasteiger partial charge in [0.15, 0.2) is 33.9 Å². The summed E-state index contributed by atoms with van der Waals surface area (Å²) in [4.78, 5) is 32.3. The van der Waals surface area contributed by atoms with Gasteiger partial charge >= 0.3 is 0 Å². The summed E-state index contributed by atoms with van der Waals surface area (Å²) in [5.41, 5.74) is 2.28. The second-order valence-corrected chi connectivity index (χ2v) is 10.6. The zero-order valence-electron chi connectivity index (χ0n) is 24.6. The normalized spacial score (nSPS) is 15.2. The minimum absolute atomic E-state index is 0.0116. The van der Waals surface area contributed by atoms with Crippen molar-refractivity contribution in [1.29, 1.82) is 0 Å². The number of para-hydroxylation sites is 1. The van der Waals surface area contributed by atoms with Gasteiger partial charge in [-0.25, -0.2) is 9.67 Å². The minimum Gasteiger partial charge on any atom is -0.504 e. The lowest BCUT2D eigenvalue weighted by molar-refractivity contribution is -0.122. The lowest BCUT2D eigenvalue weighted by Crippen LogP contribution is -2.24. The number of carbonyl (C=O) groups excluding carboxylic acids is 1. The van der Waals surface area contributed by atoms with Crippen molar-refractivity contribution in [3.8, 4) is 28.7 Å². The van der Waals surface area contributed by atoms with E-state index in [1.165, 1.54) is 23.0 Å². The molecule has 2 heterocycles. The molecule has 4 aromatic rings. The number of thioether (sulfide) groups is 1. The van der Waals surface area contributed by atoms with Crippen LogP contribution in [-0.4, -0.2) is 55.1 Å². The van der Waals surface area contributed by atoms with Crippen molar-refractivity contribution < 1.29 is 24.5 Å². The number of phenolic OH excluding ortho intramolecular Hbond substituents is 2. The van der Waals surface area contributed by atoms with Crippen LogP contribution < -0.4 is 15.0 Å². The number of ether oxygens (including phenoxy) is 2. The van der Waals surface area contributed by atoms with Crippen LogP contribution in [0.3, 0.4) is 0 Å². The molecule has 1 aromatic heterocycles. The fraction of sp³-hybridized carbons (Fsp3) is 0.188. The first kappa shape index (κ1) is 30.2. The fourth-order valence-electron chi connectivity index (χ4n) is 4.47. The molecule has 1 aliphatic rings. The smallest absolute Gasteiger partial charge is 0.297 e. The Balaban J connectivity index is 1.59. The monoisotopic (exact) mass is 613 g/mol. The maximum absolute atomic E-state index is 13.7. The summed E-state index contributed by atoms with van der Waals surface area (Å²) in [5, 5.41) is 25.9. The first-order valence-corrected chi connectivity index (χ1v) is 14.7. The van der Waals surface area contributed by atoms with Crippen molar-refractivity contribution >= 4 is 40.8 Å². The topological polar surface area (TPSA) is 131 Å². The molecule has 226 valence electrons. The first-order valence-electron chi connectivity index (χ1n) is 13.8. The van der Waals surface area contributed by atoms with E-state index >= 15 is 0 Å². The third-order valence-corrected chi connectivity index (χ3v) is 7.66. The molecule has 5 rings (SSSR count). The number of benzene rings is 3. The molecule has 1 aliphatic heterocycles. The number of phenols is 2. The van der Waals surface area contributed by atoms with Crippen molar-refractivity contribution in [2.24, 2.45) is 17.1 Å². The van der Waals surface area contributed by atoms with Gasteiger partial charge in [-0.15, -0.1) is 0 Å². The van der Waals surface area contributed by atoms with E-state index in [1.807, 2.05) is 37.3 Å². The highest BCUT2D eigenvalue weighted by Crippen LogP contribution is 2.36. The number of hydrogen-bond acceptors (Lipinski definition) is 9.